The molecule has 162 valence electrons. The molecule has 1 unspecified atom stereocenters. The van der Waals surface area contributed by atoms with Crippen molar-refractivity contribution in [1.82, 2.24) is 24.6 Å². The van der Waals surface area contributed by atoms with Crippen LogP contribution >= 0.6 is 0 Å². The second-order valence-corrected chi connectivity index (χ2v) is 8.22. The average Bonchev–Trinajstić information content (AvgIpc) is 3.32. The van der Waals surface area contributed by atoms with Crippen LogP contribution < -0.4 is 4.74 Å². The molecule has 0 spiro atoms. The molecule has 1 atom stereocenters. The van der Waals surface area contributed by atoms with Crippen molar-refractivity contribution in [3.63, 3.8) is 0 Å². The Labute approximate surface area is 194 Å². The van der Waals surface area contributed by atoms with Gasteiger partial charge in [0.25, 0.3) is 0 Å². The molecule has 7 nitrogen and oxygen atoms in total. The first-order chi connectivity index (χ1) is 16.7. The molecule has 0 saturated heterocycles. The summed E-state index contributed by atoms with van der Waals surface area (Å²) < 4.78 is 7.80. The van der Waals surface area contributed by atoms with Gasteiger partial charge in [-0.05, 0) is 23.8 Å². The minimum absolute atomic E-state index is 0.141. The summed E-state index contributed by atoms with van der Waals surface area (Å²) >= 11 is 0. The fourth-order valence-electron chi connectivity index (χ4n) is 4.59. The first kappa shape index (κ1) is 18.8. The van der Waals surface area contributed by atoms with Crippen LogP contribution in [0.5, 0.6) is 17.4 Å². The first-order valence-electron chi connectivity index (χ1n) is 10.9. The number of benzene rings is 3. The van der Waals surface area contributed by atoms with Gasteiger partial charge in [-0.15, -0.1) is 5.10 Å². The molecule has 0 amide bonds. The normalized spacial score (nSPS) is 14.5. The summed E-state index contributed by atoms with van der Waals surface area (Å²) in [4.78, 5) is 14.2. The SMILES string of the molecule is Oc1ccc2c(c1)Oc1ncn3nc(-c4ccc5ccccc5n4)nc3c1C2c1ccccc1. The van der Waals surface area contributed by atoms with Crippen LogP contribution in [0.3, 0.4) is 0 Å². The van der Waals surface area contributed by atoms with Crippen LogP contribution in [-0.2, 0) is 0 Å². The molecule has 1 N–H and O–H groups in total. The number of ether oxygens (including phenoxy) is 1. The van der Waals surface area contributed by atoms with Crippen molar-refractivity contribution in [1.29, 1.82) is 0 Å². The van der Waals surface area contributed by atoms with Crippen LogP contribution in [0.4, 0.5) is 0 Å². The Morgan fingerprint density at radius 1 is 0.853 bits per heavy atom. The van der Waals surface area contributed by atoms with Crippen LogP contribution in [0.15, 0.2) is 91.3 Å². The lowest BCUT2D eigenvalue weighted by Crippen LogP contribution is -2.14. The standard InChI is InChI=1S/C27H17N5O2/c33-18-11-12-19-22(14-18)34-27-24(23(19)17-7-2-1-3-8-17)26-30-25(31-32(26)15-28-27)21-13-10-16-6-4-5-9-20(16)29-21/h1-15,23,33H. The molecule has 1 aliphatic rings. The van der Waals surface area contributed by atoms with Crippen molar-refractivity contribution in [2.75, 3.05) is 0 Å². The van der Waals surface area contributed by atoms with Gasteiger partial charge in [0.15, 0.2) is 5.65 Å². The number of nitrogens with zero attached hydrogens (tertiary/aromatic N) is 5. The Balaban J connectivity index is 1.46. The fourth-order valence-corrected chi connectivity index (χ4v) is 4.59. The Kier molecular flexibility index (Phi) is 3.92. The van der Waals surface area contributed by atoms with Gasteiger partial charge < -0.3 is 9.84 Å². The topological polar surface area (TPSA) is 85.4 Å². The second kappa shape index (κ2) is 7.11. The molecular weight excluding hydrogens is 426 g/mol. The van der Waals surface area contributed by atoms with Crippen molar-refractivity contribution in [2.45, 2.75) is 5.92 Å². The third-order valence-corrected chi connectivity index (χ3v) is 6.15. The van der Waals surface area contributed by atoms with E-state index in [9.17, 15) is 5.11 Å². The van der Waals surface area contributed by atoms with E-state index in [4.69, 9.17) is 14.7 Å². The Bertz CT molecular complexity index is 1710. The number of rotatable bonds is 2. The summed E-state index contributed by atoms with van der Waals surface area (Å²) in [7, 11) is 0. The monoisotopic (exact) mass is 443 g/mol. The van der Waals surface area contributed by atoms with E-state index in [1.807, 2.05) is 60.7 Å². The highest BCUT2D eigenvalue weighted by atomic mass is 16.5. The van der Waals surface area contributed by atoms with Gasteiger partial charge in [-0.25, -0.2) is 19.5 Å². The third kappa shape index (κ3) is 2.84. The summed E-state index contributed by atoms with van der Waals surface area (Å²) in [5.74, 6) is 1.50. The molecular formula is C27H17N5O2. The predicted molar refractivity (Wildman–Crippen MR) is 127 cm³/mol. The largest absolute Gasteiger partial charge is 0.508 e. The number of para-hydroxylation sites is 1. The number of pyridine rings is 1. The average molecular weight is 443 g/mol. The van der Waals surface area contributed by atoms with Gasteiger partial charge in [0.1, 0.15) is 23.5 Å². The molecule has 3 aromatic carbocycles. The minimum Gasteiger partial charge on any atom is -0.508 e. The number of hydrogen-bond donors (Lipinski definition) is 1. The number of hydrogen-bond acceptors (Lipinski definition) is 6. The van der Waals surface area contributed by atoms with E-state index in [0.29, 0.717) is 28.8 Å². The molecule has 0 radical (unpaired) electrons. The maximum Gasteiger partial charge on any atom is 0.228 e. The smallest absolute Gasteiger partial charge is 0.228 e. The lowest BCUT2D eigenvalue weighted by atomic mass is 9.84. The lowest BCUT2D eigenvalue weighted by Gasteiger charge is -2.27. The van der Waals surface area contributed by atoms with Gasteiger partial charge in [0.05, 0.1) is 11.1 Å². The lowest BCUT2D eigenvalue weighted by molar-refractivity contribution is 0.422. The van der Waals surface area contributed by atoms with E-state index in [-0.39, 0.29) is 11.7 Å². The van der Waals surface area contributed by atoms with Crippen LogP contribution in [-0.4, -0.2) is 29.7 Å². The summed E-state index contributed by atoms with van der Waals surface area (Å²) in [5.41, 5.74) is 5.06. The van der Waals surface area contributed by atoms with Crippen molar-refractivity contribution in [3.8, 4) is 28.9 Å². The van der Waals surface area contributed by atoms with Gasteiger partial charge in [-0.3, -0.25) is 0 Å². The molecule has 3 aromatic heterocycles. The number of aromatic nitrogens is 5. The van der Waals surface area contributed by atoms with E-state index < -0.39 is 0 Å². The molecule has 0 aliphatic carbocycles. The third-order valence-electron chi connectivity index (χ3n) is 6.15. The van der Waals surface area contributed by atoms with Crippen LogP contribution in [0.1, 0.15) is 22.6 Å². The van der Waals surface area contributed by atoms with E-state index >= 15 is 0 Å². The Hall–Kier alpha value is -4.78. The zero-order valence-electron chi connectivity index (χ0n) is 17.8. The van der Waals surface area contributed by atoms with Crippen molar-refractivity contribution in [2.24, 2.45) is 0 Å². The van der Waals surface area contributed by atoms with Gasteiger partial charge in [-0.2, -0.15) is 0 Å². The van der Waals surface area contributed by atoms with Gasteiger partial charge in [0, 0.05) is 22.9 Å². The molecule has 34 heavy (non-hydrogen) atoms. The van der Waals surface area contributed by atoms with E-state index in [1.165, 1.54) is 0 Å². The zero-order chi connectivity index (χ0) is 22.6. The maximum atomic E-state index is 10.0. The summed E-state index contributed by atoms with van der Waals surface area (Å²) in [5, 5.41) is 15.8. The molecule has 0 fully saturated rings. The number of phenolic OH excluding ortho intramolecular Hbond substituents is 1. The van der Waals surface area contributed by atoms with E-state index in [2.05, 4.69) is 22.2 Å². The van der Waals surface area contributed by atoms with Crippen molar-refractivity contribution < 1.29 is 9.84 Å². The maximum absolute atomic E-state index is 10.0. The molecule has 7 rings (SSSR count). The second-order valence-electron chi connectivity index (χ2n) is 8.22. The summed E-state index contributed by atoms with van der Waals surface area (Å²) in [6.07, 6.45) is 1.60. The zero-order valence-corrected chi connectivity index (χ0v) is 17.8. The van der Waals surface area contributed by atoms with Crippen LogP contribution in [0, 0.1) is 0 Å². The van der Waals surface area contributed by atoms with Gasteiger partial charge in [-0.1, -0.05) is 60.7 Å². The van der Waals surface area contributed by atoms with E-state index in [1.54, 1.807) is 23.0 Å². The molecule has 7 heteroatoms. The quantitative estimate of drug-likeness (QED) is 0.389. The summed E-state index contributed by atoms with van der Waals surface area (Å²) in [6.45, 7) is 0. The minimum atomic E-state index is -0.182. The van der Waals surface area contributed by atoms with E-state index in [0.717, 1.165) is 27.6 Å². The van der Waals surface area contributed by atoms with Crippen molar-refractivity contribution >= 4 is 16.6 Å². The fraction of sp³-hybridized carbons (Fsp3) is 0.0370. The number of phenols is 1. The molecule has 0 saturated carbocycles. The highest BCUT2D eigenvalue weighted by molar-refractivity contribution is 5.81. The predicted octanol–water partition coefficient (Wildman–Crippen LogP) is 5.33. The number of aromatic hydroxyl groups is 1. The molecule has 1 aliphatic heterocycles. The van der Waals surface area contributed by atoms with Crippen LogP contribution in [0.25, 0.3) is 28.1 Å². The van der Waals surface area contributed by atoms with Crippen LogP contribution in [0.2, 0.25) is 0 Å². The molecule has 4 heterocycles. The number of fused-ring (bicyclic) bond motifs is 5. The highest BCUT2D eigenvalue weighted by Gasteiger charge is 2.33. The Morgan fingerprint density at radius 2 is 1.71 bits per heavy atom. The van der Waals surface area contributed by atoms with Crippen molar-refractivity contribution in [3.05, 3.63) is 108 Å². The first-order valence-corrected chi connectivity index (χ1v) is 10.9. The highest BCUT2D eigenvalue weighted by Crippen LogP contribution is 2.48. The molecule has 6 aromatic rings. The molecule has 0 bridgehead atoms. The summed E-state index contributed by atoms with van der Waals surface area (Å²) in [6, 6.07) is 27.2. The van der Waals surface area contributed by atoms with Gasteiger partial charge >= 0.3 is 0 Å². The van der Waals surface area contributed by atoms with Gasteiger partial charge in [0.2, 0.25) is 11.7 Å². The Morgan fingerprint density at radius 3 is 2.62 bits per heavy atom.